The van der Waals surface area contributed by atoms with E-state index in [1.165, 1.54) is 12.1 Å². The van der Waals surface area contributed by atoms with Crippen LogP contribution >= 0.6 is 0 Å². The molecule has 24 heavy (non-hydrogen) atoms. The lowest BCUT2D eigenvalue weighted by Crippen LogP contribution is -2.38. The van der Waals surface area contributed by atoms with Crippen LogP contribution in [-0.2, 0) is 22.5 Å². The van der Waals surface area contributed by atoms with Crippen LogP contribution in [-0.4, -0.2) is 41.2 Å². The molecule has 1 amide bonds. The van der Waals surface area contributed by atoms with Gasteiger partial charge in [-0.15, -0.1) is 0 Å². The summed E-state index contributed by atoms with van der Waals surface area (Å²) in [5.74, 6) is 0.946. The molecule has 2 heterocycles. The first-order valence-corrected chi connectivity index (χ1v) is 7.99. The molecule has 0 bridgehead atoms. The molecule has 6 nitrogen and oxygen atoms in total. The quantitative estimate of drug-likeness (QED) is 0.811. The number of piperidine rings is 1. The molecule has 1 aromatic heterocycles. The number of carbonyl (C=O) groups excluding carboxylic acids is 1. The summed E-state index contributed by atoms with van der Waals surface area (Å²) in [5.41, 5.74) is 0.773. The second-order valence-electron chi connectivity index (χ2n) is 5.93. The standard InChI is InChI=1S/C17H20FN3O3/c1-23-8-7-15-19-17(24-20-15)13-5-6-16(22)21(11-13)10-12-3-2-4-14(18)9-12/h2-4,9,13H,5-8,10-11H2,1H3/t13-/m0/s1. The van der Waals surface area contributed by atoms with E-state index < -0.39 is 0 Å². The molecule has 1 aliphatic rings. The Bertz CT molecular complexity index is 704. The third-order valence-electron chi connectivity index (χ3n) is 4.13. The summed E-state index contributed by atoms with van der Waals surface area (Å²) in [4.78, 5) is 18.3. The van der Waals surface area contributed by atoms with Crippen molar-refractivity contribution in [1.82, 2.24) is 15.0 Å². The van der Waals surface area contributed by atoms with Crippen LogP contribution in [0.15, 0.2) is 28.8 Å². The minimum atomic E-state index is -0.298. The van der Waals surface area contributed by atoms with Crippen LogP contribution in [0.1, 0.15) is 36.0 Å². The van der Waals surface area contributed by atoms with Crippen molar-refractivity contribution in [2.75, 3.05) is 20.3 Å². The number of likely N-dealkylation sites (tertiary alicyclic amines) is 1. The number of aromatic nitrogens is 2. The van der Waals surface area contributed by atoms with E-state index in [1.54, 1.807) is 18.1 Å². The monoisotopic (exact) mass is 333 g/mol. The summed E-state index contributed by atoms with van der Waals surface area (Å²) < 4.78 is 23.7. The molecule has 1 fully saturated rings. The van der Waals surface area contributed by atoms with Crippen molar-refractivity contribution >= 4 is 5.91 Å². The van der Waals surface area contributed by atoms with Crippen molar-refractivity contribution in [3.63, 3.8) is 0 Å². The van der Waals surface area contributed by atoms with Gasteiger partial charge in [-0.3, -0.25) is 4.79 Å². The fourth-order valence-electron chi connectivity index (χ4n) is 2.85. The first-order chi connectivity index (χ1) is 11.7. The third-order valence-corrected chi connectivity index (χ3v) is 4.13. The van der Waals surface area contributed by atoms with Crippen LogP contribution in [0.5, 0.6) is 0 Å². The summed E-state index contributed by atoms with van der Waals surface area (Å²) in [6.07, 6.45) is 1.71. The zero-order valence-corrected chi connectivity index (χ0v) is 13.6. The first-order valence-electron chi connectivity index (χ1n) is 7.99. The largest absolute Gasteiger partial charge is 0.384 e. The molecular formula is C17H20FN3O3. The number of ether oxygens (including phenoxy) is 1. The highest BCUT2D eigenvalue weighted by Gasteiger charge is 2.30. The molecule has 2 aromatic rings. The van der Waals surface area contributed by atoms with Gasteiger partial charge >= 0.3 is 0 Å². The van der Waals surface area contributed by atoms with Crippen LogP contribution in [0.4, 0.5) is 4.39 Å². The Morgan fingerprint density at radius 3 is 3.12 bits per heavy atom. The van der Waals surface area contributed by atoms with E-state index in [1.807, 2.05) is 6.07 Å². The van der Waals surface area contributed by atoms with Crippen LogP contribution in [0.25, 0.3) is 0 Å². The number of halogens is 1. The average Bonchev–Trinajstić information content (AvgIpc) is 3.04. The number of benzene rings is 1. The van der Waals surface area contributed by atoms with E-state index >= 15 is 0 Å². The lowest BCUT2D eigenvalue weighted by atomic mass is 9.97. The van der Waals surface area contributed by atoms with Gasteiger partial charge in [0.15, 0.2) is 5.82 Å². The second kappa shape index (κ2) is 7.53. The number of nitrogens with zero attached hydrogens (tertiary/aromatic N) is 3. The lowest BCUT2D eigenvalue weighted by molar-refractivity contribution is -0.134. The number of amides is 1. The fraction of sp³-hybridized carbons (Fsp3) is 0.471. The Kier molecular flexibility index (Phi) is 5.20. The van der Waals surface area contributed by atoms with Crippen molar-refractivity contribution < 1.29 is 18.4 Å². The molecule has 128 valence electrons. The number of carbonyl (C=O) groups is 1. The Balaban J connectivity index is 1.66. The summed E-state index contributed by atoms with van der Waals surface area (Å²) in [6.45, 7) is 1.42. The van der Waals surface area contributed by atoms with Crippen LogP contribution in [0, 0.1) is 5.82 Å². The summed E-state index contributed by atoms with van der Waals surface area (Å²) in [5, 5.41) is 3.95. The Labute approximate surface area is 139 Å². The lowest BCUT2D eigenvalue weighted by Gasteiger charge is -2.31. The molecule has 0 saturated carbocycles. The molecule has 0 aliphatic carbocycles. The van der Waals surface area contributed by atoms with E-state index in [0.29, 0.717) is 50.7 Å². The summed E-state index contributed by atoms with van der Waals surface area (Å²) in [6, 6.07) is 6.31. The maximum absolute atomic E-state index is 13.3. The summed E-state index contributed by atoms with van der Waals surface area (Å²) in [7, 11) is 1.62. The molecule has 1 atom stereocenters. The van der Waals surface area contributed by atoms with Crippen molar-refractivity contribution in [3.8, 4) is 0 Å². The SMILES string of the molecule is COCCc1noc([C@H]2CCC(=O)N(Cc3cccc(F)c3)C2)n1. The van der Waals surface area contributed by atoms with E-state index in [9.17, 15) is 9.18 Å². The minimum absolute atomic E-state index is 0.0139. The van der Waals surface area contributed by atoms with E-state index in [-0.39, 0.29) is 17.6 Å². The molecule has 7 heteroatoms. The fourth-order valence-corrected chi connectivity index (χ4v) is 2.85. The molecule has 3 rings (SSSR count). The molecular weight excluding hydrogens is 313 g/mol. The van der Waals surface area contributed by atoms with E-state index in [0.717, 1.165) is 5.56 Å². The van der Waals surface area contributed by atoms with Crippen molar-refractivity contribution in [3.05, 3.63) is 47.4 Å². The highest BCUT2D eigenvalue weighted by Crippen LogP contribution is 2.27. The molecule has 1 aromatic carbocycles. The summed E-state index contributed by atoms with van der Waals surface area (Å²) >= 11 is 0. The Hall–Kier alpha value is -2.28. The van der Waals surface area contributed by atoms with E-state index in [4.69, 9.17) is 9.26 Å². The van der Waals surface area contributed by atoms with Gasteiger partial charge in [-0.05, 0) is 24.1 Å². The Morgan fingerprint density at radius 2 is 2.33 bits per heavy atom. The van der Waals surface area contributed by atoms with Gasteiger partial charge in [-0.2, -0.15) is 4.98 Å². The van der Waals surface area contributed by atoms with Gasteiger partial charge in [0.1, 0.15) is 5.82 Å². The predicted molar refractivity (Wildman–Crippen MR) is 83.7 cm³/mol. The van der Waals surface area contributed by atoms with Crippen LogP contribution < -0.4 is 0 Å². The third kappa shape index (κ3) is 3.97. The van der Waals surface area contributed by atoms with Gasteiger partial charge in [-0.25, -0.2) is 4.39 Å². The molecule has 1 saturated heterocycles. The average molecular weight is 333 g/mol. The van der Waals surface area contributed by atoms with Gasteiger partial charge in [0.05, 0.1) is 12.5 Å². The highest BCUT2D eigenvalue weighted by atomic mass is 19.1. The van der Waals surface area contributed by atoms with Gasteiger partial charge in [-0.1, -0.05) is 17.3 Å². The number of hydrogen-bond acceptors (Lipinski definition) is 5. The number of hydrogen-bond donors (Lipinski definition) is 0. The van der Waals surface area contributed by atoms with Crippen molar-refractivity contribution in [1.29, 1.82) is 0 Å². The molecule has 0 spiro atoms. The highest BCUT2D eigenvalue weighted by molar-refractivity contribution is 5.77. The molecule has 1 aliphatic heterocycles. The predicted octanol–water partition coefficient (Wildman–Crippen LogP) is 2.30. The van der Waals surface area contributed by atoms with Gasteiger partial charge < -0.3 is 14.2 Å². The molecule has 0 radical (unpaired) electrons. The Morgan fingerprint density at radius 1 is 1.46 bits per heavy atom. The van der Waals surface area contributed by atoms with Gasteiger partial charge in [0.25, 0.3) is 0 Å². The second-order valence-corrected chi connectivity index (χ2v) is 5.93. The topological polar surface area (TPSA) is 68.5 Å². The smallest absolute Gasteiger partial charge is 0.231 e. The maximum atomic E-state index is 13.3. The van der Waals surface area contributed by atoms with Gasteiger partial charge in [0, 0.05) is 33.0 Å². The van der Waals surface area contributed by atoms with Crippen molar-refractivity contribution in [2.45, 2.75) is 31.7 Å². The molecule has 0 unspecified atom stereocenters. The normalized spacial score (nSPS) is 18.2. The first kappa shape index (κ1) is 16.6. The van der Waals surface area contributed by atoms with Crippen molar-refractivity contribution in [2.24, 2.45) is 0 Å². The molecule has 0 N–H and O–H groups in total. The van der Waals surface area contributed by atoms with E-state index in [2.05, 4.69) is 10.1 Å². The van der Waals surface area contributed by atoms with Gasteiger partial charge in [0.2, 0.25) is 11.8 Å². The van der Waals surface area contributed by atoms with Crippen LogP contribution in [0.2, 0.25) is 0 Å². The number of rotatable bonds is 6. The zero-order chi connectivity index (χ0) is 16.9. The minimum Gasteiger partial charge on any atom is -0.384 e. The zero-order valence-electron chi connectivity index (χ0n) is 13.6. The number of methoxy groups -OCH3 is 1. The maximum Gasteiger partial charge on any atom is 0.231 e. The van der Waals surface area contributed by atoms with Crippen LogP contribution in [0.3, 0.4) is 0 Å².